The van der Waals surface area contributed by atoms with Crippen molar-refractivity contribution in [2.75, 3.05) is 6.54 Å². The summed E-state index contributed by atoms with van der Waals surface area (Å²) in [6.45, 7) is 4.83. The maximum atomic E-state index is 12.5. The second kappa shape index (κ2) is 6.86. The minimum Gasteiger partial charge on any atom is -0.361 e. The number of hydrogen-bond donors (Lipinski definition) is 1. The van der Waals surface area contributed by atoms with Gasteiger partial charge in [0, 0.05) is 18.7 Å². The first-order valence-electron chi connectivity index (χ1n) is 8.08. The molecule has 2 amide bonds. The topological polar surface area (TPSA) is 75.4 Å². The van der Waals surface area contributed by atoms with E-state index in [2.05, 4.69) is 10.5 Å². The van der Waals surface area contributed by atoms with E-state index in [-0.39, 0.29) is 18.2 Å². The predicted molar refractivity (Wildman–Crippen MR) is 88.1 cm³/mol. The van der Waals surface area contributed by atoms with E-state index in [1.807, 2.05) is 30.3 Å². The molecule has 24 heavy (non-hydrogen) atoms. The molecule has 0 aliphatic carbocycles. The Morgan fingerprint density at radius 2 is 2.08 bits per heavy atom. The number of benzene rings is 1. The summed E-state index contributed by atoms with van der Waals surface area (Å²) in [6.07, 6.45) is 0.822. The highest BCUT2D eigenvalue weighted by atomic mass is 16.5. The number of rotatable bonds is 5. The van der Waals surface area contributed by atoms with Gasteiger partial charge in [0.25, 0.3) is 0 Å². The van der Waals surface area contributed by atoms with Crippen molar-refractivity contribution >= 4 is 11.8 Å². The van der Waals surface area contributed by atoms with Crippen LogP contribution in [-0.2, 0) is 22.6 Å². The molecule has 1 fully saturated rings. The molecule has 1 aliphatic heterocycles. The van der Waals surface area contributed by atoms with Crippen LogP contribution in [0.15, 0.2) is 34.9 Å². The van der Waals surface area contributed by atoms with Crippen LogP contribution in [0.1, 0.15) is 29.0 Å². The third-order valence-electron chi connectivity index (χ3n) is 4.37. The number of nitrogens with one attached hydrogen (secondary N) is 1. The number of amides is 2. The summed E-state index contributed by atoms with van der Waals surface area (Å²) < 4.78 is 5.07. The fourth-order valence-corrected chi connectivity index (χ4v) is 2.99. The number of likely N-dealkylation sites (tertiary alicyclic amines) is 1. The minimum absolute atomic E-state index is 0.0223. The quantitative estimate of drug-likeness (QED) is 0.908. The second-order valence-electron chi connectivity index (χ2n) is 6.13. The van der Waals surface area contributed by atoms with Crippen LogP contribution in [0.3, 0.4) is 0 Å². The molecule has 1 saturated heterocycles. The number of nitrogens with zero attached hydrogens (tertiary/aromatic N) is 2. The SMILES string of the molecule is Cc1noc(C)c1CC(=O)N[C@@H]1CCN(Cc2ccccc2)C1=O. The van der Waals surface area contributed by atoms with E-state index in [9.17, 15) is 9.59 Å². The van der Waals surface area contributed by atoms with E-state index in [1.54, 1.807) is 18.7 Å². The highest BCUT2D eigenvalue weighted by molar-refractivity contribution is 5.89. The predicted octanol–water partition coefficient (Wildman–Crippen LogP) is 1.75. The van der Waals surface area contributed by atoms with Gasteiger partial charge in [-0.3, -0.25) is 9.59 Å². The van der Waals surface area contributed by atoms with Crippen LogP contribution >= 0.6 is 0 Å². The van der Waals surface area contributed by atoms with E-state index in [1.165, 1.54) is 0 Å². The third kappa shape index (κ3) is 3.48. The molecular formula is C18H21N3O3. The van der Waals surface area contributed by atoms with Crippen molar-refractivity contribution in [2.45, 2.75) is 39.3 Å². The molecule has 0 radical (unpaired) electrons. The molecule has 2 aromatic rings. The molecule has 2 heterocycles. The smallest absolute Gasteiger partial charge is 0.245 e. The van der Waals surface area contributed by atoms with Gasteiger partial charge in [0.1, 0.15) is 11.8 Å². The molecule has 6 nitrogen and oxygen atoms in total. The van der Waals surface area contributed by atoms with E-state index in [4.69, 9.17) is 4.52 Å². The Labute approximate surface area is 140 Å². The first-order valence-corrected chi connectivity index (χ1v) is 8.08. The molecule has 1 atom stereocenters. The summed E-state index contributed by atoms with van der Waals surface area (Å²) in [4.78, 5) is 26.5. The van der Waals surface area contributed by atoms with Gasteiger partial charge in [-0.1, -0.05) is 35.5 Å². The molecule has 1 aromatic carbocycles. The number of carbonyl (C=O) groups is 2. The molecule has 6 heteroatoms. The standard InChI is InChI=1S/C18H21N3O3/c1-12-15(13(2)24-20-12)10-17(22)19-16-8-9-21(18(16)23)11-14-6-4-3-5-7-14/h3-7,16H,8-11H2,1-2H3,(H,19,22)/t16-/m1/s1. The second-order valence-corrected chi connectivity index (χ2v) is 6.13. The normalized spacial score (nSPS) is 17.3. The molecule has 1 N–H and O–H groups in total. The summed E-state index contributed by atoms with van der Waals surface area (Å²) in [5, 5.41) is 6.68. The maximum absolute atomic E-state index is 12.5. The molecule has 0 unspecified atom stereocenters. The Morgan fingerprint density at radius 1 is 1.33 bits per heavy atom. The molecular weight excluding hydrogens is 306 g/mol. The maximum Gasteiger partial charge on any atom is 0.245 e. The van der Waals surface area contributed by atoms with Gasteiger partial charge in [0.15, 0.2) is 0 Å². The molecule has 0 saturated carbocycles. The van der Waals surface area contributed by atoms with Crippen LogP contribution in [0.5, 0.6) is 0 Å². The van der Waals surface area contributed by atoms with Crippen molar-refractivity contribution in [1.29, 1.82) is 0 Å². The number of aromatic nitrogens is 1. The van der Waals surface area contributed by atoms with Crippen LogP contribution in [0.2, 0.25) is 0 Å². The van der Waals surface area contributed by atoms with Gasteiger partial charge >= 0.3 is 0 Å². The van der Waals surface area contributed by atoms with Gasteiger partial charge in [-0.15, -0.1) is 0 Å². The van der Waals surface area contributed by atoms with Crippen LogP contribution in [0.25, 0.3) is 0 Å². The lowest BCUT2D eigenvalue weighted by molar-refractivity contribution is -0.132. The molecule has 0 bridgehead atoms. The summed E-state index contributed by atoms with van der Waals surface area (Å²) in [5.74, 6) is 0.446. The zero-order chi connectivity index (χ0) is 17.1. The van der Waals surface area contributed by atoms with Gasteiger partial charge < -0.3 is 14.7 Å². The van der Waals surface area contributed by atoms with Crippen molar-refractivity contribution in [3.63, 3.8) is 0 Å². The van der Waals surface area contributed by atoms with E-state index >= 15 is 0 Å². The summed E-state index contributed by atoms with van der Waals surface area (Å²) in [6, 6.07) is 9.42. The zero-order valence-electron chi connectivity index (χ0n) is 13.9. The summed E-state index contributed by atoms with van der Waals surface area (Å²) >= 11 is 0. The Morgan fingerprint density at radius 3 is 2.75 bits per heavy atom. The van der Waals surface area contributed by atoms with Gasteiger partial charge in [0.2, 0.25) is 11.8 Å². The lowest BCUT2D eigenvalue weighted by Crippen LogP contribution is -2.42. The number of carbonyl (C=O) groups excluding carboxylic acids is 2. The van der Waals surface area contributed by atoms with Crippen molar-refractivity contribution < 1.29 is 14.1 Å². The van der Waals surface area contributed by atoms with Gasteiger partial charge in [0.05, 0.1) is 12.1 Å². The average molecular weight is 327 g/mol. The van der Waals surface area contributed by atoms with Crippen molar-refractivity contribution in [1.82, 2.24) is 15.4 Å². The van der Waals surface area contributed by atoms with Crippen molar-refractivity contribution in [3.8, 4) is 0 Å². The Kier molecular flexibility index (Phi) is 4.64. The first kappa shape index (κ1) is 16.2. The van der Waals surface area contributed by atoms with Crippen molar-refractivity contribution in [3.05, 3.63) is 52.9 Å². The van der Waals surface area contributed by atoms with Crippen LogP contribution < -0.4 is 5.32 Å². The molecule has 1 aliphatic rings. The third-order valence-corrected chi connectivity index (χ3v) is 4.37. The van der Waals surface area contributed by atoms with Crippen LogP contribution in [0, 0.1) is 13.8 Å². The minimum atomic E-state index is -0.443. The monoisotopic (exact) mass is 327 g/mol. The van der Waals surface area contributed by atoms with Crippen LogP contribution in [-0.4, -0.2) is 34.5 Å². The Hall–Kier alpha value is -2.63. The number of hydrogen-bond acceptors (Lipinski definition) is 4. The first-order chi connectivity index (χ1) is 11.5. The van der Waals surface area contributed by atoms with Gasteiger partial charge in [-0.25, -0.2) is 0 Å². The van der Waals surface area contributed by atoms with E-state index in [0.29, 0.717) is 31.0 Å². The highest BCUT2D eigenvalue weighted by Crippen LogP contribution is 2.16. The zero-order valence-corrected chi connectivity index (χ0v) is 13.9. The average Bonchev–Trinajstić information content (AvgIpc) is 3.07. The van der Waals surface area contributed by atoms with Gasteiger partial charge in [-0.05, 0) is 25.8 Å². The summed E-state index contributed by atoms with van der Waals surface area (Å²) in [5.41, 5.74) is 2.60. The molecule has 3 rings (SSSR count). The largest absolute Gasteiger partial charge is 0.361 e. The van der Waals surface area contributed by atoms with Crippen LogP contribution in [0.4, 0.5) is 0 Å². The highest BCUT2D eigenvalue weighted by Gasteiger charge is 2.32. The molecule has 0 spiro atoms. The van der Waals surface area contributed by atoms with Gasteiger partial charge in [-0.2, -0.15) is 0 Å². The number of aryl methyl sites for hydroxylation is 2. The van der Waals surface area contributed by atoms with Crippen molar-refractivity contribution in [2.24, 2.45) is 0 Å². The lowest BCUT2D eigenvalue weighted by atomic mass is 10.1. The summed E-state index contributed by atoms with van der Waals surface area (Å²) in [7, 11) is 0. The Balaban J connectivity index is 1.56. The molecule has 126 valence electrons. The Bertz CT molecular complexity index is 720. The lowest BCUT2D eigenvalue weighted by Gasteiger charge is -2.17. The van der Waals surface area contributed by atoms with E-state index in [0.717, 1.165) is 11.1 Å². The molecule has 1 aromatic heterocycles. The fourth-order valence-electron chi connectivity index (χ4n) is 2.99. The fraction of sp³-hybridized carbons (Fsp3) is 0.389. The van der Waals surface area contributed by atoms with E-state index < -0.39 is 6.04 Å².